The van der Waals surface area contributed by atoms with Crippen molar-refractivity contribution in [2.75, 3.05) is 0 Å². The first-order valence-electron chi connectivity index (χ1n) is 6.16. The first kappa shape index (κ1) is 13.5. The lowest BCUT2D eigenvalue weighted by Crippen LogP contribution is -1.98. The fourth-order valence-corrected chi connectivity index (χ4v) is 2.43. The van der Waals surface area contributed by atoms with E-state index < -0.39 is 5.97 Å². The Kier molecular flexibility index (Phi) is 3.53. The molecule has 104 valence electrons. The highest BCUT2D eigenvalue weighted by Gasteiger charge is 2.09. The van der Waals surface area contributed by atoms with Crippen molar-refractivity contribution in [1.82, 2.24) is 15.0 Å². The van der Waals surface area contributed by atoms with Gasteiger partial charge in [-0.1, -0.05) is 39.3 Å². The Hall–Kier alpha value is -2.47. The second kappa shape index (κ2) is 5.49. The standard InChI is InChI=1S/C15H10BrN3O2/c16-13-4-2-1-3-12(13)14-9-19(18-17-14)11-7-5-10(6-8-11)15(20)21/h1-9H,(H,20,21). The van der Waals surface area contributed by atoms with Crippen LogP contribution < -0.4 is 0 Å². The first-order valence-corrected chi connectivity index (χ1v) is 6.95. The van der Waals surface area contributed by atoms with Gasteiger partial charge in [-0.05, 0) is 30.3 Å². The van der Waals surface area contributed by atoms with Crippen LogP contribution in [0.1, 0.15) is 10.4 Å². The minimum atomic E-state index is -0.950. The number of aromatic nitrogens is 3. The summed E-state index contributed by atoms with van der Waals surface area (Å²) in [5.74, 6) is -0.950. The summed E-state index contributed by atoms with van der Waals surface area (Å²) >= 11 is 3.48. The molecule has 0 fully saturated rings. The Bertz CT molecular complexity index is 797. The SMILES string of the molecule is O=C(O)c1ccc(-n2cc(-c3ccccc3Br)nn2)cc1. The van der Waals surface area contributed by atoms with Gasteiger partial charge in [0, 0.05) is 10.0 Å². The fraction of sp³-hybridized carbons (Fsp3) is 0. The predicted molar refractivity (Wildman–Crippen MR) is 81.5 cm³/mol. The van der Waals surface area contributed by atoms with Gasteiger partial charge >= 0.3 is 5.97 Å². The maximum absolute atomic E-state index is 10.8. The number of hydrogen-bond acceptors (Lipinski definition) is 3. The van der Waals surface area contributed by atoms with Crippen molar-refractivity contribution in [2.45, 2.75) is 0 Å². The second-order valence-electron chi connectivity index (χ2n) is 4.38. The molecule has 0 saturated carbocycles. The lowest BCUT2D eigenvalue weighted by Gasteiger charge is -2.01. The highest BCUT2D eigenvalue weighted by atomic mass is 79.9. The lowest BCUT2D eigenvalue weighted by atomic mass is 10.2. The van der Waals surface area contributed by atoms with Crippen molar-refractivity contribution < 1.29 is 9.90 Å². The zero-order chi connectivity index (χ0) is 14.8. The Labute approximate surface area is 129 Å². The normalized spacial score (nSPS) is 10.5. The van der Waals surface area contributed by atoms with Crippen molar-refractivity contribution in [3.8, 4) is 16.9 Å². The van der Waals surface area contributed by atoms with Crippen LogP contribution in [0, 0.1) is 0 Å². The van der Waals surface area contributed by atoms with Crippen molar-refractivity contribution in [2.24, 2.45) is 0 Å². The number of aromatic carboxylic acids is 1. The fourth-order valence-electron chi connectivity index (χ4n) is 1.94. The molecule has 0 unspecified atom stereocenters. The van der Waals surface area contributed by atoms with Gasteiger partial charge in [0.25, 0.3) is 0 Å². The molecule has 0 aliphatic heterocycles. The number of hydrogen-bond donors (Lipinski definition) is 1. The van der Waals surface area contributed by atoms with Crippen molar-refractivity contribution in [3.63, 3.8) is 0 Å². The Morgan fingerprint density at radius 3 is 2.48 bits per heavy atom. The summed E-state index contributed by atoms with van der Waals surface area (Å²) in [5.41, 5.74) is 2.69. The number of nitrogens with zero attached hydrogens (tertiary/aromatic N) is 3. The van der Waals surface area contributed by atoms with Gasteiger partial charge < -0.3 is 5.11 Å². The van der Waals surface area contributed by atoms with Crippen LogP contribution in [0.25, 0.3) is 16.9 Å². The summed E-state index contributed by atoms with van der Waals surface area (Å²) in [6, 6.07) is 14.2. The van der Waals surface area contributed by atoms with Gasteiger partial charge in [0.2, 0.25) is 0 Å². The summed E-state index contributed by atoms with van der Waals surface area (Å²) in [5, 5.41) is 17.1. The van der Waals surface area contributed by atoms with Crippen LogP contribution >= 0.6 is 15.9 Å². The Morgan fingerprint density at radius 2 is 1.81 bits per heavy atom. The third-order valence-electron chi connectivity index (χ3n) is 3.02. The van der Waals surface area contributed by atoms with E-state index in [0.717, 1.165) is 21.4 Å². The molecule has 0 atom stereocenters. The van der Waals surface area contributed by atoms with E-state index in [1.807, 2.05) is 24.3 Å². The molecule has 1 heterocycles. The number of rotatable bonds is 3. The van der Waals surface area contributed by atoms with Gasteiger partial charge in [-0.2, -0.15) is 0 Å². The summed E-state index contributed by atoms with van der Waals surface area (Å²) < 4.78 is 2.55. The van der Waals surface area contributed by atoms with E-state index in [1.54, 1.807) is 23.0 Å². The molecule has 0 spiro atoms. The third kappa shape index (κ3) is 2.71. The van der Waals surface area contributed by atoms with Gasteiger partial charge in [-0.15, -0.1) is 5.10 Å². The Balaban J connectivity index is 1.95. The average molecular weight is 344 g/mol. The molecule has 0 amide bonds. The molecule has 0 aliphatic carbocycles. The van der Waals surface area contributed by atoms with Gasteiger partial charge in [0.15, 0.2) is 0 Å². The molecule has 6 heteroatoms. The molecule has 0 aliphatic rings. The molecule has 5 nitrogen and oxygen atoms in total. The monoisotopic (exact) mass is 343 g/mol. The van der Waals surface area contributed by atoms with Crippen LogP contribution in [0.15, 0.2) is 59.2 Å². The maximum atomic E-state index is 10.8. The molecule has 21 heavy (non-hydrogen) atoms. The van der Waals surface area contributed by atoms with Gasteiger partial charge in [-0.3, -0.25) is 0 Å². The van der Waals surface area contributed by atoms with E-state index in [1.165, 1.54) is 12.1 Å². The van der Waals surface area contributed by atoms with Gasteiger partial charge in [0.1, 0.15) is 5.69 Å². The molecule has 0 radical (unpaired) electrons. The van der Waals surface area contributed by atoms with E-state index in [-0.39, 0.29) is 5.56 Å². The lowest BCUT2D eigenvalue weighted by molar-refractivity contribution is 0.0697. The van der Waals surface area contributed by atoms with E-state index in [0.29, 0.717) is 0 Å². The predicted octanol–water partition coefficient (Wildman–Crippen LogP) is 3.40. The van der Waals surface area contributed by atoms with Crippen molar-refractivity contribution in [1.29, 1.82) is 0 Å². The molecule has 0 bridgehead atoms. The van der Waals surface area contributed by atoms with Gasteiger partial charge in [0.05, 0.1) is 17.4 Å². The molecule has 3 aromatic rings. The molecule has 0 saturated heterocycles. The number of benzene rings is 2. The topological polar surface area (TPSA) is 68.0 Å². The number of halogens is 1. The van der Waals surface area contributed by atoms with E-state index in [2.05, 4.69) is 26.2 Å². The molecule has 2 aromatic carbocycles. The molecule has 1 aromatic heterocycles. The highest BCUT2D eigenvalue weighted by molar-refractivity contribution is 9.10. The maximum Gasteiger partial charge on any atom is 0.335 e. The summed E-state index contributed by atoms with van der Waals surface area (Å²) in [4.78, 5) is 10.8. The van der Waals surface area contributed by atoms with Crippen LogP contribution in [0.2, 0.25) is 0 Å². The van der Waals surface area contributed by atoms with Crippen LogP contribution in [-0.4, -0.2) is 26.1 Å². The average Bonchev–Trinajstić information content (AvgIpc) is 2.97. The number of carbonyl (C=O) groups is 1. The van der Waals surface area contributed by atoms with Gasteiger partial charge in [-0.25, -0.2) is 9.48 Å². The van der Waals surface area contributed by atoms with Crippen molar-refractivity contribution >= 4 is 21.9 Å². The summed E-state index contributed by atoms with van der Waals surface area (Å²) in [7, 11) is 0. The first-order chi connectivity index (χ1) is 10.1. The number of carboxylic acid groups (broad SMARTS) is 1. The quantitative estimate of drug-likeness (QED) is 0.791. The van der Waals surface area contributed by atoms with Crippen LogP contribution in [0.4, 0.5) is 0 Å². The van der Waals surface area contributed by atoms with Crippen LogP contribution in [-0.2, 0) is 0 Å². The third-order valence-corrected chi connectivity index (χ3v) is 3.71. The van der Waals surface area contributed by atoms with E-state index in [4.69, 9.17) is 5.11 Å². The van der Waals surface area contributed by atoms with E-state index >= 15 is 0 Å². The van der Waals surface area contributed by atoms with E-state index in [9.17, 15) is 4.79 Å². The zero-order valence-corrected chi connectivity index (χ0v) is 12.4. The smallest absolute Gasteiger partial charge is 0.335 e. The highest BCUT2D eigenvalue weighted by Crippen LogP contribution is 2.26. The molecular weight excluding hydrogens is 334 g/mol. The second-order valence-corrected chi connectivity index (χ2v) is 5.23. The largest absolute Gasteiger partial charge is 0.478 e. The minimum Gasteiger partial charge on any atom is -0.478 e. The van der Waals surface area contributed by atoms with Crippen LogP contribution in [0.3, 0.4) is 0 Å². The summed E-state index contributed by atoms with van der Waals surface area (Å²) in [6.45, 7) is 0. The zero-order valence-electron chi connectivity index (χ0n) is 10.8. The molecule has 1 N–H and O–H groups in total. The van der Waals surface area contributed by atoms with Crippen molar-refractivity contribution in [3.05, 3.63) is 64.8 Å². The van der Waals surface area contributed by atoms with Crippen LogP contribution in [0.5, 0.6) is 0 Å². The number of carboxylic acids is 1. The Morgan fingerprint density at radius 1 is 1.10 bits per heavy atom. The molecule has 3 rings (SSSR count). The molecular formula is C15H10BrN3O2. The minimum absolute atomic E-state index is 0.241. The summed E-state index contributed by atoms with van der Waals surface area (Å²) in [6.07, 6.45) is 1.80.